The van der Waals surface area contributed by atoms with Gasteiger partial charge in [-0.15, -0.1) is 0 Å². The summed E-state index contributed by atoms with van der Waals surface area (Å²) in [6.07, 6.45) is -3.36. The maximum Gasteiger partial charge on any atom is 0.303 e. The van der Waals surface area contributed by atoms with Crippen molar-refractivity contribution in [2.24, 2.45) is 4.99 Å². The molecule has 2 aliphatic heterocycles. The zero-order chi connectivity index (χ0) is 27.1. The Morgan fingerprint density at radius 3 is 2.11 bits per heavy atom. The van der Waals surface area contributed by atoms with Crippen LogP contribution in [-0.4, -0.2) is 71.4 Å². The van der Waals surface area contributed by atoms with Gasteiger partial charge in [-0.3, -0.25) is 29.3 Å². The van der Waals surface area contributed by atoms with E-state index in [9.17, 15) is 24.0 Å². The van der Waals surface area contributed by atoms with Crippen LogP contribution < -0.4 is 5.32 Å². The largest absolute Gasteiger partial charge is 0.463 e. The van der Waals surface area contributed by atoms with Gasteiger partial charge in [-0.2, -0.15) is 0 Å². The Labute approximate surface area is 216 Å². The molecule has 0 aliphatic carbocycles. The van der Waals surface area contributed by atoms with E-state index in [4.69, 9.17) is 23.7 Å². The molecule has 3 rings (SSSR count). The summed E-state index contributed by atoms with van der Waals surface area (Å²) in [5.74, 6) is -3.27. The van der Waals surface area contributed by atoms with Crippen molar-refractivity contribution >= 4 is 52.8 Å². The molecule has 198 valence electrons. The predicted molar refractivity (Wildman–Crippen MR) is 130 cm³/mol. The monoisotopic (exact) mass is 534 g/mol. The number of ether oxygens (including phenoxy) is 5. The summed E-state index contributed by atoms with van der Waals surface area (Å²) in [5, 5.41) is 2.75. The number of thioether (sulfide) groups is 1. The Balaban J connectivity index is 1.94. The van der Waals surface area contributed by atoms with Crippen molar-refractivity contribution in [3.63, 3.8) is 0 Å². The summed E-state index contributed by atoms with van der Waals surface area (Å²) >= 11 is 0.892. The second-order valence-corrected chi connectivity index (χ2v) is 9.08. The van der Waals surface area contributed by atoms with Crippen LogP contribution in [0, 0.1) is 0 Å². The first kappa shape index (κ1) is 27.9. The quantitative estimate of drug-likeness (QED) is 0.306. The number of aliphatic imine (C=N–C) groups is 1. The van der Waals surface area contributed by atoms with Gasteiger partial charge in [-0.1, -0.05) is 42.1 Å². The fourth-order valence-electron chi connectivity index (χ4n) is 3.60. The molecule has 0 unspecified atom stereocenters. The van der Waals surface area contributed by atoms with Crippen molar-refractivity contribution in [2.45, 2.75) is 57.5 Å². The lowest BCUT2D eigenvalue weighted by molar-refractivity contribution is -0.237. The van der Waals surface area contributed by atoms with E-state index >= 15 is 0 Å². The third-order valence-electron chi connectivity index (χ3n) is 4.95. The zero-order valence-electron chi connectivity index (χ0n) is 20.5. The summed E-state index contributed by atoms with van der Waals surface area (Å²) in [5.41, 5.74) is -0.204. The fraction of sp³-hybridized carbons (Fsp3) is 0.417. The van der Waals surface area contributed by atoms with Crippen LogP contribution in [0.25, 0.3) is 6.08 Å². The van der Waals surface area contributed by atoms with Crippen LogP contribution in [0.2, 0.25) is 0 Å². The number of esters is 4. The van der Waals surface area contributed by atoms with Gasteiger partial charge in [0.15, 0.2) is 28.9 Å². The molecule has 2 aliphatic rings. The number of amidine groups is 1. The van der Waals surface area contributed by atoms with Crippen molar-refractivity contribution in [1.29, 1.82) is 0 Å². The van der Waals surface area contributed by atoms with Gasteiger partial charge in [-0.05, 0) is 11.6 Å². The van der Waals surface area contributed by atoms with Crippen LogP contribution in [0.3, 0.4) is 0 Å². The minimum absolute atomic E-state index is 0.132. The standard InChI is InChI=1S/C24H26N2O10S/c1-12(27)32-11-18-19(33-13(2)28)20(34-14(3)29)21(35-15(4)30)23(36-18)37-24-25-17(22(31)26-24)10-16-8-6-5-7-9-16/h5-10,18-21,23H,11H2,1-4H3,(H,25,26,31)/b17-10+/t18-,19+,20+,21+,23+/m0/s1. The number of carbonyl (C=O) groups excluding carboxylic acids is 5. The average Bonchev–Trinajstić information content (AvgIpc) is 3.14. The molecular weight excluding hydrogens is 508 g/mol. The highest BCUT2D eigenvalue weighted by atomic mass is 32.2. The number of nitrogens with one attached hydrogen (secondary N) is 1. The second kappa shape index (κ2) is 12.5. The fourth-order valence-corrected chi connectivity index (χ4v) is 4.67. The molecule has 0 radical (unpaired) electrons. The third-order valence-corrected chi connectivity index (χ3v) is 5.98. The molecule has 13 heteroatoms. The Morgan fingerprint density at radius 2 is 1.51 bits per heavy atom. The highest BCUT2D eigenvalue weighted by Gasteiger charge is 2.53. The van der Waals surface area contributed by atoms with E-state index in [1.54, 1.807) is 18.2 Å². The number of rotatable bonds is 7. The van der Waals surface area contributed by atoms with Crippen molar-refractivity contribution in [1.82, 2.24) is 5.32 Å². The van der Waals surface area contributed by atoms with E-state index in [1.807, 2.05) is 18.2 Å². The minimum Gasteiger partial charge on any atom is -0.463 e. The smallest absolute Gasteiger partial charge is 0.303 e. The van der Waals surface area contributed by atoms with Crippen molar-refractivity contribution in [2.75, 3.05) is 6.61 Å². The first-order valence-electron chi connectivity index (χ1n) is 11.2. The molecule has 1 aromatic rings. The number of amides is 1. The second-order valence-electron chi connectivity index (χ2n) is 8.00. The lowest BCUT2D eigenvalue weighted by atomic mass is 9.99. The summed E-state index contributed by atoms with van der Waals surface area (Å²) in [6.45, 7) is 4.25. The van der Waals surface area contributed by atoms with E-state index in [1.165, 1.54) is 6.92 Å². The van der Waals surface area contributed by atoms with E-state index in [2.05, 4.69) is 10.3 Å². The topological polar surface area (TPSA) is 156 Å². The van der Waals surface area contributed by atoms with Gasteiger partial charge in [0.05, 0.1) is 0 Å². The lowest BCUT2D eigenvalue weighted by Crippen LogP contribution is -2.61. The molecule has 5 atom stereocenters. The molecule has 0 saturated carbocycles. The maximum absolute atomic E-state index is 12.5. The molecule has 1 saturated heterocycles. The van der Waals surface area contributed by atoms with Crippen LogP contribution in [0.1, 0.15) is 33.3 Å². The number of hydrogen-bond acceptors (Lipinski definition) is 12. The van der Waals surface area contributed by atoms with Gasteiger partial charge < -0.3 is 23.7 Å². The highest BCUT2D eigenvalue weighted by molar-refractivity contribution is 8.14. The maximum atomic E-state index is 12.5. The molecule has 0 spiro atoms. The van der Waals surface area contributed by atoms with Crippen LogP contribution in [0.4, 0.5) is 0 Å². The number of benzene rings is 1. The van der Waals surface area contributed by atoms with Crippen LogP contribution in [0.15, 0.2) is 41.0 Å². The van der Waals surface area contributed by atoms with Crippen molar-refractivity contribution < 1.29 is 47.7 Å². The third kappa shape index (κ3) is 7.89. The molecule has 2 heterocycles. The number of nitrogens with zero attached hydrogens (tertiary/aromatic N) is 1. The first-order chi connectivity index (χ1) is 17.5. The molecule has 37 heavy (non-hydrogen) atoms. The van der Waals surface area contributed by atoms with Gasteiger partial charge in [0, 0.05) is 27.7 Å². The molecule has 1 fully saturated rings. The number of hydrogen-bond donors (Lipinski definition) is 1. The van der Waals surface area contributed by atoms with Gasteiger partial charge in [0.1, 0.15) is 18.4 Å². The zero-order valence-corrected chi connectivity index (χ0v) is 21.3. The molecule has 1 aromatic carbocycles. The van der Waals surface area contributed by atoms with Crippen LogP contribution in [-0.2, 0) is 47.7 Å². The van der Waals surface area contributed by atoms with Gasteiger partial charge in [-0.25, -0.2) is 4.99 Å². The van der Waals surface area contributed by atoms with E-state index in [0.29, 0.717) is 0 Å². The molecular formula is C24H26N2O10S. The lowest BCUT2D eigenvalue weighted by Gasteiger charge is -2.44. The average molecular weight is 535 g/mol. The Kier molecular flexibility index (Phi) is 9.42. The van der Waals surface area contributed by atoms with E-state index in [0.717, 1.165) is 38.1 Å². The minimum atomic E-state index is -1.31. The van der Waals surface area contributed by atoms with Gasteiger partial charge in [0.25, 0.3) is 5.91 Å². The summed E-state index contributed by atoms with van der Waals surface area (Å²) in [7, 11) is 0. The summed E-state index contributed by atoms with van der Waals surface area (Å²) in [6, 6.07) is 9.08. The van der Waals surface area contributed by atoms with Crippen molar-refractivity contribution in [3.05, 3.63) is 41.6 Å². The SMILES string of the molecule is CC(=O)OC[C@@H]1O[C@H](SC2=N/C(=C/c3ccccc3)C(=O)N2)[C@H](OC(C)=O)[C@H](OC(C)=O)[C@@H]1OC(C)=O. The molecule has 1 amide bonds. The number of carbonyl (C=O) groups is 5. The Bertz CT molecular complexity index is 1120. The first-order valence-corrected chi connectivity index (χ1v) is 12.1. The van der Waals surface area contributed by atoms with Crippen molar-refractivity contribution in [3.8, 4) is 0 Å². The van der Waals surface area contributed by atoms with E-state index < -0.39 is 59.6 Å². The molecule has 12 nitrogen and oxygen atoms in total. The van der Waals surface area contributed by atoms with Crippen LogP contribution in [0.5, 0.6) is 0 Å². The highest BCUT2D eigenvalue weighted by Crippen LogP contribution is 2.35. The van der Waals surface area contributed by atoms with E-state index in [-0.39, 0.29) is 17.5 Å². The molecule has 0 bridgehead atoms. The van der Waals surface area contributed by atoms with Gasteiger partial charge >= 0.3 is 23.9 Å². The normalized spacial score (nSPS) is 26.1. The summed E-state index contributed by atoms with van der Waals surface area (Å²) in [4.78, 5) is 64.0. The Hall–Kier alpha value is -3.71. The predicted octanol–water partition coefficient (Wildman–Crippen LogP) is 1.33. The molecule has 1 N–H and O–H groups in total. The van der Waals surface area contributed by atoms with Gasteiger partial charge in [0.2, 0.25) is 0 Å². The summed E-state index contributed by atoms with van der Waals surface area (Å²) < 4.78 is 27.2. The Morgan fingerprint density at radius 1 is 0.919 bits per heavy atom. The van der Waals surface area contributed by atoms with Crippen LogP contribution >= 0.6 is 11.8 Å². The molecule has 0 aromatic heterocycles.